The third kappa shape index (κ3) is 2.79. The van der Waals surface area contributed by atoms with Gasteiger partial charge in [0, 0.05) is 17.7 Å². The van der Waals surface area contributed by atoms with E-state index in [1.165, 1.54) is 12.1 Å². The van der Waals surface area contributed by atoms with Crippen molar-refractivity contribution in [3.63, 3.8) is 0 Å². The van der Waals surface area contributed by atoms with Crippen molar-refractivity contribution in [3.8, 4) is 6.07 Å². The maximum absolute atomic E-state index is 11.9. The molecular formula is C14H9N3O3. The SMILES string of the molecule is N#Cc1cc([N+](=O)[O-])ccc1NC(=O)c1ccccc1. The predicted octanol–water partition coefficient (Wildman–Crippen LogP) is 2.72. The van der Waals surface area contributed by atoms with Gasteiger partial charge in [0.25, 0.3) is 11.6 Å². The summed E-state index contributed by atoms with van der Waals surface area (Å²) in [4.78, 5) is 22.0. The fraction of sp³-hybridized carbons (Fsp3) is 0. The van der Waals surface area contributed by atoms with Gasteiger partial charge in [-0.2, -0.15) is 5.26 Å². The Morgan fingerprint density at radius 3 is 2.50 bits per heavy atom. The summed E-state index contributed by atoms with van der Waals surface area (Å²) in [6.07, 6.45) is 0. The third-order valence-electron chi connectivity index (χ3n) is 2.62. The second-order valence-electron chi connectivity index (χ2n) is 3.92. The predicted molar refractivity (Wildman–Crippen MR) is 72.2 cm³/mol. The average Bonchev–Trinajstić information content (AvgIpc) is 2.48. The number of hydrogen-bond acceptors (Lipinski definition) is 4. The number of nitro groups is 1. The molecule has 6 heteroatoms. The molecule has 0 aromatic heterocycles. The summed E-state index contributed by atoms with van der Waals surface area (Å²) in [5.41, 5.74) is 0.532. The van der Waals surface area contributed by atoms with E-state index in [0.29, 0.717) is 5.56 Å². The molecular weight excluding hydrogens is 258 g/mol. The number of anilines is 1. The van der Waals surface area contributed by atoms with E-state index >= 15 is 0 Å². The molecule has 98 valence electrons. The number of hydrogen-bond donors (Lipinski definition) is 1. The maximum atomic E-state index is 11.9. The summed E-state index contributed by atoms with van der Waals surface area (Å²) in [7, 11) is 0. The molecule has 20 heavy (non-hydrogen) atoms. The highest BCUT2D eigenvalue weighted by molar-refractivity contribution is 6.04. The van der Waals surface area contributed by atoms with Gasteiger partial charge >= 0.3 is 0 Å². The first-order chi connectivity index (χ1) is 9.61. The van der Waals surface area contributed by atoms with Crippen LogP contribution in [0.3, 0.4) is 0 Å². The van der Waals surface area contributed by atoms with Gasteiger partial charge in [-0.15, -0.1) is 0 Å². The van der Waals surface area contributed by atoms with Crippen LogP contribution >= 0.6 is 0 Å². The highest BCUT2D eigenvalue weighted by Gasteiger charge is 2.13. The fourth-order valence-electron chi connectivity index (χ4n) is 1.63. The van der Waals surface area contributed by atoms with E-state index in [-0.39, 0.29) is 22.8 Å². The number of non-ortho nitro benzene ring substituents is 1. The second-order valence-corrected chi connectivity index (χ2v) is 3.92. The quantitative estimate of drug-likeness (QED) is 0.683. The lowest BCUT2D eigenvalue weighted by atomic mass is 10.1. The summed E-state index contributed by atoms with van der Waals surface area (Å²) in [6, 6.07) is 14.0. The van der Waals surface area contributed by atoms with E-state index < -0.39 is 4.92 Å². The summed E-state index contributed by atoms with van der Waals surface area (Å²) >= 11 is 0. The fourth-order valence-corrected chi connectivity index (χ4v) is 1.63. The molecule has 0 bridgehead atoms. The van der Waals surface area contributed by atoms with Gasteiger partial charge in [-0.05, 0) is 18.2 Å². The van der Waals surface area contributed by atoms with Crippen molar-refractivity contribution in [3.05, 3.63) is 69.8 Å². The van der Waals surface area contributed by atoms with Gasteiger partial charge in [0.05, 0.1) is 16.2 Å². The minimum Gasteiger partial charge on any atom is -0.321 e. The highest BCUT2D eigenvalue weighted by atomic mass is 16.6. The molecule has 0 aliphatic heterocycles. The summed E-state index contributed by atoms with van der Waals surface area (Å²) < 4.78 is 0. The average molecular weight is 267 g/mol. The maximum Gasteiger partial charge on any atom is 0.270 e. The monoisotopic (exact) mass is 267 g/mol. The second kappa shape index (κ2) is 5.63. The molecule has 0 saturated heterocycles. The lowest BCUT2D eigenvalue weighted by Crippen LogP contribution is -2.12. The number of nitrogens with one attached hydrogen (secondary N) is 1. The van der Waals surface area contributed by atoms with Crippen LogP contribution in [0.15, 0.2) is 48.5 Å². The number of carbonyl (C=O) groups excluding carboxylic acids is 1. The third-order valence-corrected chi connectivity index (χ3v) is 2.62. The molecule has 0 heterocycles. The van der Waals surface area contributed by atoms with Crippen LogP contribution in [0.1, 0.15) is 15.9 Å². The molecule has 0 spiro atoms. The van der Waals surface area contributed by atoms with Gasteiger partial charge in [0.2, 0.25) is 0 Å². The zero-order valence-corrected chi connectivity index (χ0v) is 10.2. The van der Waals surface area contributed by atoms with Gasteiger partial charge in [-0.3, -0.25) is 14.9 Å². The van der Waals surface area contributed by atoms with E-state index in [4.69, 9.17) is 5.26 Å². The van der Waals surface area contributed by atoms with Crippen molar-refractivity contribution >= 4 is 17.3 Å². The number of carbonyl (C=O) groups is 1. The van der Waals surface area contributed by atoms with Crippen LogP contribution in [-0.4, -0.2) is 10.8 Å². The van der Waals surface area contributed by atoms with Crippen molar-refractivity contribution in [1.29, 1.82) is 5.26 Å². The molecule has 1 amide bonds. The van der Waals surface area contributed by atoms with Crippen LogP contribution in [-0.2, 0) is 0 Å². The molecule has 0 radical (unpaired) electrons. The van der Waals surface area contributed by atoms with Crippen molar-refractivity contribution in [2.75, 3.05) is 5.32 Å². The first-order valence-corrected chi connectivity index (χ1v) is 5.67. The molecule has 0 aliphatic rings. The van der Waals surface area contributed by atoms with Gasteiger partial charge in [-0.25, -0.2) is 0 Å². The van der Waals surface area contributed by atoms with Crippen LogP contribution < -0.4 is 5.32 Å². The lowest BCUT2D eigenvalue weighted by molar-refractivity contribution is -0.384. The lowest BCUT2D eigenvalue weighted by Gasteiger charge is -2.06. The summed E-state index contributed by atoms with van der Waals surface area (Å²) in [6.45, 7) is 0. The molecule has 0 fully saturated rings. The molecule has 0 aliphatic carbocycles. The minimum absolute atomic E-state index is 0.0449. The zero-order valence-electron chi connectivity index (χ0n) is 10.2. The summed E-state index contributed by atoms with van der Waals surface area (Å²) in [5, 5.41) is 22.2. The molecule has 2 aromatic carbocycles. The number of nitro benzene ring substituents is 1. The van der Waals surface area contributed by atoms with Gasteiger partial charge < -0.3 is 5.32 Å². The van der Waals surface area contributed by atoms with Gasteiger partial charge in [-0.1, -0.05) is 18.2 Å². The van der Waals surface area contributed by atoms with Crippen molar-refractivity contribution < 1.29 is 9.72 Å². The van der Waals surface area contributed by atoms with E-state index in [1.54, 1.807) is 30.3 Å². The number of nitriles is 1. The number of benzene rings is 2. The Balaban J connectivity index is 2.28. The number of nitrogens with zero attached hydrogens (tertiary/aromatic N) is 2. The molecule has 2 rings (SSSR count). The Bertz CT molecular complexity index is 705. The van der Waals surface area contributed by atoms with Gasteiger partial charge in [0.1, 0.15) is 6.07 Å². The summed E-state index contributed by atoms with van der Waals surface area (Å²) in [5.74, 6) is -0.379. The molecule has 1 N–H and O–H groups in total. The van der Waals surface area contributed by atoms with Crippen molar-refractivity contribution in [2.24, 2.45) is 0 Å². The zero-order chi connectivity index (χ0) is 14.5. The number of rotatable bonds is 3. The van der Waals surface area contributed by atoms with Crippen LogP contribution in [0, 0.1) is 21.4 Å². The first-order valence-electron chi connectivity index (χ1n) is 5.67. The molecule has 2 aromatic rings. The van der Waals surface area contributed by atoms with Crippen LogP contribution in [0.5, 0.6) is 0 Å². The standard InChI is InChI=1S/C14H9N3O3/c15-9-11-8-12(17(19)20)6-7-13(11)16-14(18)10-4-2-1-3-5-10/h1-8H,(H,16,18). The van der Waals surface area contributed by atoms with E-state index in [0.717, 1.165) is 6.07 Å². The Hall–Kier alpha value is -3.20. The van der Waals surface area contributed by atoms with E-state index in [1.807, 2.05) is 6.07 Å². The van der Waals surface area contributed by atoms with Crippen molar-refractivity contribution in [1.82, 2.24) is 0 Å². The van der Waals surface area contributed by atoms with Crippen molar-refractivity contribution in [2.45, 2.75) is 0 Å². The normalized spacial score (nSPS) is 9.55. The Morgan fingerprint density at radius 1 is 1.20 bits per heavy atom. The van der Waals surface area contributed by atoms with Crippen LogP contribution in [0.4, 0.5) is 11.4 Å². The number of amides is 1. The Morgan fingerprint density at radius 2 is 1.90 bits per heavy atom. The Labute approximate surface area is 114 Å². The van der Waals surface area contributed by atoms with Crippen LogP contribution in [0.2, 0.25) is 0 Å². The smallest absolute Gasteiger partial charge is 0.270 e. The molecule has 0 saturated carbocycles. The minimum atomic E-state index is -0.594. The van der Waals surface area contributed by atoms with Gasteiger partial charge in [0.15, 0.2) is 0 Å². The van der Waals surface area contributed by atoms with E-state index in [2.05, 4.69) is 5.32 Å². The largest absolute Gasteiger partial charge is 0.321 e. The Kier molecular flexibility index (Phi) is 3.72. The first kappa shape index (κ1) is 13.2. The highest BCUT2D eigenvalue weighted by Crippen LogP contribution is 2.21. The molecule has 6 nitrogen and oxygen atoms in total. The topological polar surface area (TPSA) is 96.0 Å². The van der Waals surface area contributed by atoms with E-state index in [9.17, 15) is 14.9 Å². The van der Waals surface area contributed by atoms with Crippen LogP contribution in [0.25, 0.3) is 0 Å². The molecule has 0 atom stereocenters. The molecule has 0 unspecified atom stereocenters.